The molecule has 0 bridgehead atoms. The molecule has 2 rings (SSSR count). The predicted molar refractivity (Wildman–Crippen MR) is 79.4 cm³/mol. The number of aryl methyl sites for hydroxylation is 1. The molecule has 0 fully saturated rings. The molecule has 0 saturated heterocycles. The van der Waals surface area contributed by atoms with Crippen molar-refractivity contribution in [2.75, 3.05) is 13.7 Å². The number of hydrogen-bond acceptors (Lipinski definition) is 4. The molecule has 1 heterocycles. The van der Waals surface area contributed by atoms with Crippen molar-refractivity contribution in [3.63, 3.8) is 0 Å². The van der Waals surface area contributed by atoms with Crippen molar-refractivity contribution in [1.29, 1.82) is 0 Å². The lowest BCUT2D eigenvalue weighted by atomic mass is 10.2. The zero-order valence-corrected chi connectivity index (χ0v) is 12.1. The zero-order chi connectivity index (χ0) is 14.4. The molecule has 20 heavy (non-hydrogen) atoms. The topological polar surface area (TPSA) is 43.4 Å². The van der Waals surface area contributed by atoms with E-state index in [9.17, 15) is 0 Å². The van der Waals surface area contributed by atoms with E-state index in [-0.39, 0.29) is 0 Å². The monoisotopic (exact) mass is 272 g/mol. The van der Waals surface area contributed by atoms with Gasteiger partial charge in [-0.3, -0.25) is 0 Å². The number of methoxy groups -OCH3 is 1. The largest absolute Gasteiger partial charge is 0.497 e. The average molecular weight is 272 g/mol. The fourth-order valence-corrected chi connectivity index (χ4v) is 1.92. The second-order valence-electron chi connectivity index (χ2n) is 4.52. The van der Waals surface area contributed by atoms with Crippen molar-refractivity contribution in [2.45, 2.75) is 20.4 Å². The molecule has 0 radical (unpaired) electrons. The van der Waals surface area contributed by atoms with Crippen LogP contribution in [-0.4, -0.2) is 18.6 Å². The molecule has 1 aromatic heterocycles. The minimum atomic E-state index is 0.603. The molecule has 4 nitrogen and oxygen atoms in total. The van der Waals surface area contributed by atoms with Crippen LogP contribution >= 0.6 is 0 Å². The third-order valence-corrected chi connectivity index (χ3v) is 2.83. The summed E-state index contributed by atoms with van der Waals surface area (Å²) in [6.45, 7) is 5.80. The summed E-state index contributed by atoms with van der Waals surface area (Å²) < 4.78 is 11.0. The van der Waals surface area contributed by atoms with Gasteiger partial charge in [0.2, 0.25) is 5.88 Å². The third-order valence-electron chi connectivity index (χ3n) is 2.83. The van der Waals surface area contributed by atoms with Gasteiger partial charge in [0, 0.05) is 24.4 Å². The van der Waals surface area contributed by atoms with E-state index < -0.39 is 0 Å². The van der Waals surface area contributed by atoms with E-state index in [0.29, 0.717) is 5.88 Å². The van der Waals surface area contributed by atoms with Crippen LogP contribution in [0.15, 0.2) is 36.4 Å². The van der Waals surface area contributed by atoms with Gasteiger partial charge < -0.3 is 14.8 Å². The van der Waals surface area contributed by atoms with E-state index >= 15 is 0 Å². The first-order valence-electron chi connectivity index (χ1n) is 6.71. The van der Waals surface area contributed by atoms with Crippen LogP contribution in [0.1, 0.15) is 18.2 Å². The van der Waals surface area contributed by atoms with Gasteiger partial charge in [-0.15, -0.1) is 0 Å². The van der Waals surface area contributed by atoms with Gasteiger partial charge in [0.05, 0.1) is 7.11 Å². The van der Waals surface area contributed by atoms with Gasteiger partial charge in [-0.25, -0.2) is 4.98 Å². The SMILES string of the molecule is CCNCc1cc(C)nc(Oc2cccc(OC)c2)c1. The van der Waals surface area contributed by atoms with Gasteiger partial charge in [-0.1, -0.05) is 13.0 Å². The molecule has 0 unspecified atom stereocenters. The first-order valence-corrected chi connectivity index (χ1v) is 6.71. The maximum absolute atomic E-state index is 5.80. The number of ether oxygens (including phenoxy) is 2. The summed E-state index contributed by atoms with van der Waals surface area (Å²) in [6.07, 6.45) is 0. The van der Waals surface area contributed by atoms with Crippen molar-refractivity contribution >= 4 is 0 Å². The highest BCUT2D eigenvalue weighted by Gasteiger charge is 2.04. The summed E-state index contributed by atoms with van der Waals surface area (Å²) >= 11 is 0. The molecule has 0 aliphatic rings. The summed E-state index contributed by atoms with van der Waals surface area (Å²) in [4.78, 5) is 4.40. The number of pyridine rings is 1. The Bertz CT molecular complexity index is 570. The van der Waals surface area contributed by atoms with Crippen molar-refractivity contribution in [3.05, 3.63) is 47.7 Å². The van der Waals surface area contributed by atoms with Crippen LogP contribution in [0.5, 0.6) is 17.4 Å². The highest BCUT2D eigenvalue weighted by molar-refractivity contribution is 5.36. The molecule has 2 aromatic rings. The molecule has 4 heteroatoms. The number of benzene rings is 1. The Labute approximate surface area is 119 Å². The molecule has 0 aliphatic heterocycles. The Morgan fingerprint density at radius 1 is 1.15 bits per heavy atom. The smallest absolute Gasteiger partial charge is 0.219 e. The summed E-state index contributed by atoms with van der Waals surface area (Å²) in [5.41, 5.74) is 2.11. The standard InChI is InChI=1S/C16H20N2O2/c1-4-17-11-13-8-12(2)18-16(9-13)20-15-7-5-6-14(10-15)19-3/h5-10,17H,4,11H2,1-3H3. The summed E-state index contributed by atoms with van der Waals surface area (Å²) in [7, 11) is 1.64. The van der Waals surface area contributed by atoms with Gasteiger partial charge in [-0.05, 0) is 37.2 Å². The van der Waals surface area contributed by atoms with Crippen molar-refractivity contribution in [2.24, 2.45) is 0 Å². The summed E-state index contributed by atoms with van der Waals surface area (Å²) in [5.74, 6) is 2.09. The Morgan fingerprint density at radius 3 is 2.70 bits per heavy atom. The van der Waals surface area contributed by atoms with Crippen molar-refractivity contribution in [1.82, 2.24) is 10.3 Å². The van der Waals surface area contributed by atoms with Gasteiger partial charge in [0.25, 0.3) is 0 Å². The van der Waals surface area contributed by atoms with Crippen LogP contribution in [0.3, 0.4) is 0 Å². The lowest BCUT2D eigenvalue weighted by Crippen LogP contribution is -2.12. The number of hydrogen-bond donors (Lipinski definition) is 1. The highest BCUT2D eigenvalue weighted by atomic mass is 16.5. The second-order valence-corrected chi connectivity index (χ2v) is 4.52. The van der Waals surface area contributed by atoms with Crippen LogP contribution in [0, 0.1) is 6.92 Å². The van der Waals surface area contributed by atoms with Gasteiger partial charge in [0.1, 0.15) is 11.5 Å². The van der Waals surface area contributed by atoms with Gasteiger partial charge >= 0.3 is 0 Å². The maximum Gasteiger partial charge on any atom is 0.219 e. The second kappa shape index (κ2) is 6.91. The first-order chi connectivity index (χ1) is 9.71. The highest BCUT2D eigenvalue weighted by Crippen LogP contribution is 2.24. The molecule has 0 amide bonds. The molecular formula is C16H20N2O2. The van der Waals surface area contributed by atoms with E-state index in [1.807, 2.05) is 37.3 Å². The molecule has 0 aliphatic carbocycles. The maximum atomic E-state index is 5.80. The summed E-state index contributed by atoms with van der Waals surface area (Å²) in [6, 6.07) is 11.5. The van der Waals surface area contributed by atoms with Crippen molar-refractivity contribution < 1.29 is 9.47 Å². The lowest BCUT2D eigenvalue weighted by Gasteiger charge is -2.09. The first kappa shape index (κ1) is 14.3. The molecule has 106 valence electrons. The van der Waals surface area contributed by atoms with E-state index in [0.717, 1.165) is 35.8 Å². The summed E-state index contributed by atoms with van der Waals surface area (Å²) in [5, 5.41) is 3.30. The number of nitrogens with zero attached hydrogens (tertiary/aromatic N) is 1. The third kappa shape index (κ3) is 3.96. The molecule has 1 aromatic carbocycles. The zero-order valence-electron chi connectivity index (χ0n) is 12.1. The minimum Gasteiger partial charge on any atom is -0.497 e. The average Bonchev–Trinajstić information content (AvgIpc) is 2.44. The molecule has 1 N–H and O–H groups in total. The number of nitrogens with one attached hydrogen (secondary N) is 1. The van der Waals surface area contributed by atoms with Crippen LogP contribution in [0.4, 0.5) is 0 Å². The molecule has 0 saturated carbocycles. The Morgan fingerprint density at radius 2 is 1.95 bits per heavy atom. The fourth-order valence-electron chi connectivity index (χ4n) is 1.92. The Kier molecular flexibility index (Phi) is 4.96. The van der Waals surface area contributed by atoms with Crippen LogP contribution < -0.4 is 14.8 Å². The van der Waals surface area contributed by atoms with Crippen LogP contribution in [0.25, 0.3) is 0 Å². The predicted octanol–water partition coefficient (Wildman–Crippen LogP) is 3.30. The molecule has 0 atom stereocenters. The van der Waals surface area contributed by atoms with E-state index in [2.05, 4.69) is 23.3 Å². The normalized spacial score (nSPS) is 10.3. The van der Waals surface area contributed by atoms with Gasteiger partial charge in [-0.2, -0.15) is 0 Å². The van der Waals surface area contributed by atoms with E-state index in [1.165, 1.54) is 0 Å². The van der Waals surface area contributed by atoms with Crippen LogP contribution in [0.2, 0.25) is 0 Å². The minimum absolute atomic E-state index is 0.603. The number of rotatable bonds is 6. The quantitative estimate of drug-likeness (QED) is 0.876. The van der Waals surface area contributed by atoms with E-state index in [1.54, 1.807) is 7.11 Å². The fraction of sp³-hybridized carbons (Fsp3) is 0.312. The van der Waals surface area contributed by atoms with Gasteiger partial charge in [0.15, 0.2) is 0 Å². The van der Waals surface area contributed by atoms with E-state index in [4.69, 9.17) is 9.47 Å². The van der Waals surface area contributed by atoms with Crippen LogP contribution in [-0.2, 0) is 6.54 Å². The number of aromatic nitrogens is 1. The Hall–Kier alpha value is -2.07. The molecular weight excluding hydrogens is 252 g/mol. The Balaban J connectivity index is 2.17. The lowest BCUT2D eigenvalue weighted by molar-refractivity contribution is 0.407. The molecule has 0 spiro atoms. The van der Waals surface area contributed by atoms with Crippen molar-refractivity contribution in [3.8, 4) is 17.4 Å².